The van der Waals surface area contributed by atoms with Crippen molar-refractivity contribution >= 4 is 17.6 Å². The van der Waals surface area contributed by atoms with Crippen LogP contribution in [0.15, 0.2) is 64.1 Å². The Kier molecular flexibility index (Phi) is 4.57. The molecule has 0 aliphatic heterocycles. The molecule has 0 saturated heterocycles. The van der Waals surface area contributed by atoms with Crippen LogP contribution in [0.3, 0.4) is 0 Å². The number of allylic oxidation sites excluding steroid dienone is 1. The number of fused-ring (bicyclic) bond motifs is 1. The van der Waals surface area contributed by atoms with Crippen molar-refractivity contribution in [3.8, 4) is 11.4 Å². The first-order valence-electron chi connectivity index (χ1n) is 8.50. The second-order valence-corrected chi connectivity index (χ2v) is 6.01. The zero-order chi connectivity index (χ0) is 17.8. The molecule has 1 heterocycles. The molecule has 6 heteroatoms. The van der Waals surface area contributed by atoms with E-state index in [1.54, 1.807) is 0 Å². The van der Waals surface area contributed by atoms with E-state index >= 15 is 0 Å². The maximum Gasteiger partial charge on any atom is 0.256 e. The van der Waals surface area contributed by atoms with Crippen molar-refractivity contribution in [1.82, 2.24) is 15.6 Å². The second-order valence-electron chi connectivity index (χ2n) is 6.01. The summed E-state index contributed by atoms with van der Waals surface area (Å²) in [6, 6.07) is 17.8. The van der Waals surface area contributed by atoms with E-state index in [9.17, 15) is 0 Å². The quantitative estimate of drug-likeness (QED) is 0.424. The van der Waals surface area contributed by atoms with E-state index in [0.717, 1.165) is 41.7 Å². The van der Waals surface area contributed by atoms with Crippen molar-refractivity contribution in [2.45, 2.75) is 19.3 Å². The summed E-state index contributed by atoms with van der Waals surface area (Å²) in [7, 11) is 0. The maximum atomic E-state index is 8.95. The van der Waals surface area contributed by atoms with Gasteiger partial charge in [-0.15, -0.1) is 0 Å². The summed E-state index contributed by atoms with van der Waals surface area (Å²) in [5, 5.41) is 13.1. The van der Waals surface area contributed by atoms with Crippen LogP contribution in [0, 0.1) is 0 Å². The molecule has 130 valence electrons. The molecular weight excluding hydrogens is 328 g/mol. The molecule has 2 N–H and O–H groups in total. The van der Waals surface area contributed by atoms with Gasteiger partial charge in [0.15, 0.2) is 0 Å². The van der Waals surface area contributed by atoms with Crippen LogP contribution in [-0.2, 0) is 6.42 Å². The number of rotatable bonds is 4. The van der Waals surface area contributed by atoms with Gasteiger partial charge >= 0.3 is 0 Å². The Bertz CT molecular complexity index is 961. The summed E-state index contributed by atoms with van der Waals surface area (Å²) in [5.41, 5.74) is 6.74. The van der Waals surface area contributed by atoms with Crippen LogP contribution in [-0.4, -0.2) is 21.7 Å². The number of hydroxylamine groups is 1. The first kappa shape index (κ1) is 16.2. The lowest BCUT2D eigenvalue weighted by molar-refractivity contribution is 0.240. The summed E-state index contributed by atoms with van der Waals surface area (Å²) < 4.78 is 5.56. The average Bonchev–Trinajstić information content (AvgIpc) is 3.11. The number of benzene rings is 2. The van der Waals surface area contributed by atoms with Crippen molar-refractivity contribution in [2.75, 3.05) is 0 Å². The van der Waals surface area contributed by atoms with E-state index in [1.165, 1.54) is 11.9 Å². The molecule has 3 aromatic rings. The molecule has 2 aromatic carbocycles. The fraction of sp³-hybridized carbons (Fsp3) is 0.150. The third-order valence-electron chi connectivity index (χ3n) is 4.40. The van der Waals surface area contributed by atoms with E-state index in [4.69, 9.17) is 9.73 Å². The summed E-state index contributed by atoms with van der Waals surface area (Å²) >= 11 is 0. The Morgan fingerprint density at radius 2 is 1.85 bits per heavy atom. The van der Waals surface area contributed by atoms with Crippen LogP contribution < -0.4 is 5.48 Å². The van der Waals surface area contributed by atoms with Gasteiger partial charge in [0.2, 0.25) is 5.82 Å². The monoisotopic (exact) mass is 346 g/mol. The number of aliphatic imine (C=N–C) groups is 1. The van der Waals surface area contributed by atoms with Crippen LogP contribution in [0.2, 0.25) is 0 Å². The third kappa shape index (κ3) is 3.14. The van der Waals surface area contributed by atoms with Gasteiger partial charge < -0.3 is 4.52 Å². The predicted octanol–water partition coefficient (Wildman–Crippen LogP) is 3.95. The van der Waals surface area contributed by atoms with Gasteiger partial charge in [0, 0.05) is 16.7 Å². The molecule has 0 unspecified atom stereocenters. The number of aromatic nitrogens is 2. The number of nitrogens with one attached hydrogen (secondary N) is 1. The van der Waals surface area contributed by atoms with Gasteiger partial charge in [0.1, 0.15) is 6.34 Å². The largest absolute Gasteiger partial charge is 0.334 e. The Morgan fingerprint density at radius 3 is 2.69 bits per heavy atom. The normalized spacial score (nSPS) is 14.3. The molecule has 0 bridgehead atoms. The molecule has 0 radical (unpaired) electrons. The topological polar surface area (TPSA) is 83.5 Å². The van der Waals surface area contributed by atoms with Gasteiger partial charge in [-0.3, -0.25) is 10.7 Å². The molecule has 26 heavy (non-hydrogen) atoms. The summed E-state index contributed by atoms with van der Waals surface area (Å²) in [5.74, 6) is 1.01. The van der Waals surface area contributed by atoms with Gasteiger partial charge in [-0.1, -0.05) is 59.8 Å². The minimum absolute atomic E-state index is 0.464. The van der Waals surface area contributed by atoms with Gasteiger partial charge in [-0.05, 0) is 24.8 Å². The highest BCUT2D eigenvalue weighted by molar-refractivity contribution is 5.92. The molecule has 1 aliphatic rings. The van der Waals surface area contributed by atoms with E-state index in [0.29, 0.717) is 11.7 Å². The van der Waals surface area contributed by atoms with E-state index in [2.05, 4.69) is 21.2 Å². The summed E-state index contributed by atoms with van der Waals surface area (Å²) in [6.07, 6.45) is 3.93. The Labute approximate surface area is 150 Å². The number of hydrogen-bond donors (Lipinski definition) is 2. The summed E-state index contributed by atoms with van der Waals surface area (Å²) in [6.45, 7) is 0. The van der Waals surface area contributed by atoms with Crippen molar-refractivity contribution in [2.24, 2.45) is 4.99 Å². The predicted molar refractivity (Wildman–Crippen MR) is 99.3 cm³/mol. The number of aryl methyl sites for hydroxylation is 1. The number of hydrogen-bond acceptors (Lipinski definition) is 5. The van der Waals surface area contributed by atoms with Crippen LogP contribution in [0.5, 0.6) is 0 Å². The van der Waals surface area contributed by atoms with E-state index < -0.39 is 0 Å². The third-order valence-corrected chi connectivity index (χ3v) is 4.40. The van der Waals surface area contributed by atoms with Crippen molar-refractivity contribution in [3.63, 3.8) is 0 Å². The van der Waals surface area contributed by atoms with Crippen molar-refractivity contribution in [1.29, 1.82) is 0 Å². The van der Waals surface area contributed by atoms with Crippen molar-refractivity contribution < 1.29 is 9.73 Å². The molecule has 1 aliphatic carbocycles. The van der Waals surface area contributed by atoms with Crippen LogP contribution in [0.1, 0.15) is 29.9 Å². The Balaban J connectivity index is 1.83. The molecule has 0 saturated carbocycles. The minimum atomic E-state index is 0.464. The molecule has 0 spiro atoms. The molecule has 4 rings (SSSR count). The molecule has 0 amide bonds. The highest BCUT2D eigenvalue weighted by atomic mass is 16.5. The van der Waals surface area contributed by atoms with E-state index in [1.807, 2.05) is 54.0 Å². The minimum Gasteiger partial charge on any atom is -0.334 e. The SMILES string of the molecule is ONC=NC1=C(c2nc(-c3ccccc3)no2)CCCc2ccccc21. The standard InChI is InChI=1S/C20H18N4O2/c25-22-13-21-18-16-11-5-4-7-14(16)10-6-12-17(18)20-23-19(24-26-20)15-8-2-1-3-9-15/h1-5,7-9,11,13,25H,6,10,12H2,(H,21,22). The van der Waals surface area contributed by atoms with Crippen LogP contribution in [0.25, 0.3) is 22.7 Å². The lowest BCUT2D eigenvalue weighted by Gasteiger charge is -2.08. The zero-order valence-electron chi connectivity index (χ0n) is 14.1. The Hall–Kier alpha value is -3.25. The highest BCUT2D eigenvalue weighted by Crippen LogP contribution is 2.36. The lowest BCUT2D eigenvalue weighted by Crippen LogP contribution is -2.03. The van der Waals surface area contributed by atoms with Gasteiger partial charge in [-0.2, -0.15) is 4.98 Å². The molecule has 1 aromatic heterocycles. The molecular formula is C20H18N4O2. The highest BCUT2D eigenvalue weighted by Gasteiger charge is 2.22. The van der Waals surface area contributed by atoms with Crippen molar-refractivity contribution in [3.05, 3.63) is 71.6 Å². The van der Waals surface area contributed by atoms with E-state index in [-0.39, 0.29) is 0 Å². The fourth-order valence-corrected chi connectivity index (χ4v) is 3.21. The van der Waals surface area contributed by atoms with Gasteiger partial charge in [-0.25, -0.2) is 4.99 Å². The van der Waals surface area contributed by atoms with Crippen LogP contribution >= 0.6 is 0 Å². The number of nitrogens with zero attached hydrogens (tertiary/aromatic N) is 3. The van der Waals surface area contributed by atoms with Crippen LogP contribution in [0.4, 0.5) is 0 Å². The smallest absolute Gasteiger partial charge is 0.256 e. The van der Waals surface area contributed by atoms with Gasteiger partial charge in [0.05, 0.1) is 5.70 Å². The first-order valence-corrected chi connectivity index (χ1v) is 8.50. The van der Waals surface area contributed by atoms with Gasteiger partial charge in [0.25, 0.3) is 5.89 Å². The summed E-state index contributed by atoms with van der Waals surface area (Å²) in [4.78, 5) is 8.99. The second kappa shape index (κ2) is 7.33. The average molecular weight is 346 g/mol. The lowest BCUT2D eigenvalue weighted by atomic mass is 10.0. The fourth-order valence-electron chi connectivity index (χ4n) is 3.21. The molecule has 6 nitrogen and oxygen atoms in total. The maximum absolute atomic E-state index is 8.95. The molecule has 0 atom stereocenters. The molecule has 0 fully saturated rings. The Morgan fingerprint density at radius 1 is 1.04 bits per heavy atom. The zero-order valence-corrected chi connectivity index (χ0v) is 14.1. The first-order chi connectivity index (χ1) is 12.9.